The molecule has 0 aromatic heterocycles. The lowest BCUT2D eigenvalue weighted by Crippen LogP contribution is -2.27. The van der Waals surface area contributed by atoms with Crippen LogP contribution in [0.25, 0.3) is 0 Å². The Bertz CT molecular complexity index is 808. The van der Waals surface area contributed by atoms with Crippen LogP contribution in [-0.4, -0.2) is 43.8 Å². The van der Waals surface area contributed by atoms with Crippen LogP contribution in [0.5, 0.6) is 5.75 Å². The molecule has 0 bridgehead atoms. The van der Waals surface area contributed by atoms with Crippen LogP contribution in [0.4, 0.5) is 5.69 Å². The number of hydrogen-bond donors (Lipinski definition) is 1. The van der Waals surface area contributed by atoms with E-state index in [9.17, 15) is 14.4 Å². The topological polar surface area (TPSA) is 102 Å². The first kappa shape index (κ1) is 18.8. The highest BCUT2D eigenvalue weighted by atomic mass is 16.5. The van der Waals surface area contributed by atoms with Gasteiger partial charge in [-0.3, -0.25) is 0 Å². The summed E-state index contributed by atoms with van der Waals surface area (Å²) in [5.41, 5.74) is 0.440. The fraction of sp³-hybridized carbons (Fsp3) is 0.167. The summed E-state index contributed by atoms with van der Waals surface area (Å²) in [4.78, 5) is 36.5. The Balaban J connectivity index is 2.51. The Kier molecular flexibility index (Phi) is 6.15. The summed E-state index contributed by atoms with van der Waals surface area (Å²) in [6.45, 7) is -0.506. The number of hydrogen-bond acceptors (Lipinski definition) is 7. The van der Waals surface area contributed by atoms with Crippen molar-refractivity contribution in [3.05, 3.63) is 60.0 Å². The molecule has 0 aliphatic carbocycles. The molecule has 0 atom stereocenters. The van der Waals surface area contributed by atoms with Crippen molar-refractivity contribution in [3.63, 3.8) is 0 Å². The number of aliphatic carboxylic acids is 1. The molecular weight excluding hydrogens is 342 g/mol. The summed E-state index contributed by atoms with van der Waals surface area (Å²) in [7, 11) is 2.41. The van der Waals surface area contributed by atoms with Gasteiger partial charge in [0, 0.05) is 18.0 Å². The number of carboxylic acid groups (broad SMARTS) is 1. The van der Waals surface area contributed by atoms with Gasteiger partial charge >= 0.3 is 17.9 Å². The van der Waals surface area contributed by atoms with E-state index >= 15 is 0 Å². The lowest BCUT2D eigenvalue weighted by molar-refractivity contribution is -0.139. The van der Waals surface area contributed by atoms with E-state index in [1.807, 2.05) is 0 Å². The van der Waals surface area contributed by atoms with E-state index in [4.69, 9.17) is 19.3 Å². The SMILES string of the molecule is COC(=O)C1=C(C(=O)OC)N(c2cccc(OCC(=O)O)c2)C=CC=C1. The number of carboxylic acids is 1. The number of ether oxygens (including phenoxy) is 3. The maximum atomic E-state index is 12.3. The van der Waals surface area contributed by atoms with Gasteiger partial charge in [0.05, 0.1) is 19.8 Å². The van der Waals surface area contributed by atoms with E-state index in [-0.39, 0.29) is 11.3 Å². The molecule has 0 radical (unpaired) electrons. The van der Waals surface area contributed by atoms with E-state index in [0.717, 1.165) is 0 Å². The Morgan fingerprint density at radius 2 is 1.81 bits per heavy atom. The van der Waals surface area contributed by atoms with Gasteiger partial charge in [0.25, 0.3) is 0 Å². The predicted molar refractivity (Wildman–Crippen MR) is 91.4 cm³/mol. The molecule has 8 heteroatoms. The third-order valence-corrected chi connectivity index (χ3v) is 3.35. The molecule has 0 amide bonds. The van der Waals surface area contributed by atoms with E-state index < -0.39 is 24.5 Å². The molecule has 1 aromatic carbocycles. The largest absolute Gasteiger partial charge is 0.482 e. The zero-order chi connectivity index (χ0) is 19.1. The molecule has 136 valence electrons. The van der Waals surface area contributed by atoms with Crippen LogP contribution in [0.1, 0.15) is 0 Å². The zero-order valence-electron chi connectivity index (χ0n) is 14.2. The average Bonchev–Trinajstić information content (AvgIpc) is 2.88. The van der Waals surface area contributed by atoms with Crippen LogP contribution >= 0.6 is 0 Å². The second-order valence-corrected chi connectivity index (χ2v) is 5.00. The number of carbonyl (C=O) groups excluding carboxylic acids is 2. The normalized spacial score (nSPS) is 13.2. The fourth-order valence-electron chi connectivity index (χ4n) is 2.23. The van der Waals surface area contributed by atoms with Crippen molar-refractivity contribution in [1.29, 1.82) is 0 Å². The van der Waals surface area contributed by atoms with Gasteiger partial charge in [-0.15, -0.1) is 0 Å². The Morgan fingerprint density at radius 3 is 2.46 bits per heavy atom. The molecule has 0 saturated heterocycles. The minimum atomic E-state index is -1.11. The monoisotopic (exact) mass is 359 g/mol. The molecule has 1 aromatic rings. The quantitative estimate of drug-likeness (QED) is 0.765. The molecule has 1 heterocycles. The van der Waals surface area contributed by atoms with Crippen molar-refractivity contribution in [3.8, 4) is 5.75 Å². The molecule has 0 fully saturated rings. The number of benzene rings is 1. The number of esters is 2. The number of allylic oxidation sites excluding steroid dienone is 2. The zero-order valence-corrected chi connectivity index (χ0v) is 14.2. The van der Waals surface area contributed by atoms with E-state index in [0.29, 0.717) is 11.4 Å². The molecule has 0 saturated carbocycles. The highest BCUT2D eigenvalue weighted by molar-refractivity contribution is 6.05. The minimum absolute atomic E-state index is 0.0150. The van der Waals surface area contributed by atoms with E-state index in [1.165, 1.54) is 31.3 Å². The Hall–Kier alpha value is -3.55. The average molecular weight is 359 g/mol. The smallest absolute Gasteiger partial charge is 0.355 e. The predicted octanol–water partition coefficient (Wildman–Crippen LogP) is 1.64. The molecular formula is C18H17NO7. The Labute approximate surface area is 149 Å². The Morgan fingerprint density at radius 1 is 1.08 bits per heavy atom. The van der Waals surface area contributed by atoms with Crippen molar-refractivity contribution in [2.45, 2.75) is 0 Å². The third kappa shape index (κ3) is 4.29. The first-order valence-corrected chi connectivity index (χ1v) is 7.47. The van der Waals surface area contributed by atoms with Crippen molar-refractivity contribution in [1.82, 2.24) is 0 Å². The van der Waals surface area contributed by atoms with Gasteiger partial charge in [0.1, 0.15) is 11.4 Å². The number of rotatable bonds is 6. The summed E-state index contributed by atoms with van der Waals surface area (Å²) < 4.78 is 14.7. The van der Waals surface area contributed by atoms with Gasteiger partial charge in [-0.05, 0) is 24.3 Å². The molecule has 1 N–H and O–H groups in total. The summed E-state index contributed by atoms with van der Waals surface area (Å²) >= 11 is 0. The summed E-state index contributed by atoms with van der Waals surface area (Å²) in [6.07, 6.45) is 6.22. The number of anilines is 1. The molecule has 1 aliphatic rings. The van der Waals surface area contributed by atoms with Gasteiger partial charge in [-0.1, -0.05) is 12.1 Å². The minimum Gasteiger partial charge on any atom is -0.482 e. The van der Waals surface area contributed by atoms with Gasteiger partial charge in [-0.2, -0.15) is 0 Å². The van der Waals surface area contributed by atoms with E-state index in [2.05, 4.69) is 0 Å². The first-order chi connectivity index (χ1) is 12.5. The van der Waals surface area contributed by atoms with Crippen LogP contribution in [0.15, 0.2) is 60.0 Å². The highest BCUT2D eigenvalue weighted by Crippen LogP contribution is 2.28. The fourth-order valence-corrected chi connectivity index (χ4v) is 2.23. The first-order valence-electron chi connectivity index (χ1n) is 7.47. The van der Waals surface area contributed by atoms with Crippen LogP contribution in [0.3, 0.4) is 0 Å². The van der Waals surface area contributed by atoms with Crippen LogP contribution < -0.4 is 9.64 Å². The van der Waals surface area contributed by atoms with Crippen LogP contribution in [0, 0.1) is 0 Å². The molecule has 8 nitrogen and oxygen atoms in total. The molecule has 0 spiro atoms. The van der Waals surface area contributed by atoms with Gasteiger partial charge in [0.15, 0.2) is 6.61 Å². The summed E-state index contributed by atoms with van der Waals surface area (Å²) in [5.74, 6) is -2.26. The number of nitrogens with zero attached hydrogens (tertiary/aromatic N) is 1. The lowest BCUT2D eigenvalue weighted by Gasteiger charge is -2.23. The maximum absolute atomic E-state index is 12.3. The summed E-state index contributed by atoms with van der Waals surface area (Å²) in [5, 5.41) is 8.72. The second kappa shape index (κ2) is 8.52. The van der Waals surface area contributed by atoms with Crippen molar-refractivity contribution < 1.29 is 33.7 Å². The third-order valence-electron chi connectivity index (χ3n) is 3.35. The van der Waals surface area contributed by atoms with Crippen molar-refractivity contribution in [2.75, 3.05) is 25.7 Å². The van der Waals surface area contributed by atoms with Crippen LogP contribution in [0.2, 0.25) is 0 Å². The second-order valence-electron chi connectivity index (χ2n) is 5.00. The van der Waals surface area contributed by atoms with Crippen molar-refractivity contribution >= 4 is 23.6 Å². The van der Waals surface area contributed by atoms with Crippen LogP contribution in [-0.2, 0) is 23.9 Å². The maximum Gasteiger partial charge on any atom is 0.355 e. The molecule has 0 unspecified atom stereocenters. The molecule has 26 heavy (non-hydrogen) atoms. The van der Waals surface area contributed by atoms with Gasteiger partial charge in [0.2, 0.25) is 0 Å². The number of carbonyl (C=O) groups is 3. The lowest BCUT2D eigenvalue weighted by atomic mass is 10.1. The van der Waals surface area contributed by atoms with Crippen molar-refractivity contribution in [2.24, 2.45) is 0 Å². The van der Waals surface area contributed by atoms with Gasteiger partial charge in [-0.25, -0.2) is 14.4 Å². The van der Waals surface area contributed by atoms with Gasteiger partial charge < -0.3 is 24.2 Å². The highest BCUT2D eigenvalue weighted by Gasteiger charge is 2.27. The number of methoxy groups -OCH3 is 2. The standard InChI is InChI=1S/C18H17NO7/c1-24-17(22)14-8-3-4-9-19(16(14)18(23)25-2)12-6-5-7-13(10-12)26-11-15(20)21/h3-10H,11H2,1-2H3,(H,20,21). The molecule has 1 aliphatic heterocycles. The summed E-state index contributed by atoms with van der Waals surface area (Å²) in [6, 6.07) is 6.41. The van der Waals surface area contributed by atoms with E-state index in [1.54, 1.807) is 36.6 Å². The molecule has 2 rings (SSSR count).